The van der Waals surface area contributed by atoms with Crippen LogP contribution in [0, 0.1) is 0 Å². The number of ether oxygens (including phenoxy) is 1. The molecule has 0 spiro atoms. The number of nitrogens with zero attached hydrogens (tertiary/aromatic N) is 6. The van der Waals surface area contributed by atoms with E-state index in [1.54, 1.807) is 0 Å². The highest BCUT2D eigenvalue weighted by molar-refractivity contribution is 5.92. The van der Waals surface area contributed by atoms with E-state index in [4.69, 9.17) is 9.15 Å². The molecule has 0 aromatic carbocycles. The van der Waals surface area contributed by atoms with Crippen molar-refractivity contribution in [2.75, 3.05) is 39.4 Å². The van der Waals surface area contributed by atoms with E-state index in [1.165, 1.54) is 12.7 Å². The summed E-state index contributed by atoms with van der Waals surface area (Å²) in [4.78, 5) is 20.7. The van der Waals surface area contributed by atoms with E-state index in [0.29, 0.717) is 12.2 Å². The van der Waals surface area contributed by atoms with Crippen LogP contribution >= 0.6 is 0 Å². The first-order chi connectivity index (χ1) is 12.7. The number of carbonyl (C=O) groups is 1. The fraction of sp³-hybridized carbons (Fsp3) is 0.647. The molecule has 0 aliphatic carbocycles. The molecule has 2 fully saturated rings. The van der Waals surface area contributed by atoms with Crippen LogP contribution in [0.3, 0.4) is 0 Å². The summed E-state index contributed by atoms with van der Waals surface area (Å²) in [6, 6.07) is 0. The van der Waals surface area contributed by atoms with Crippen molar-refractivity contribution in [1.29, 1.82) is 0 Å². The van der Waals surface area contributed by atoms with Crippen LogP contribution < -0.4 is 0 Å². The van der Waals surface area contributed by atoms with Gasteiger partial charge in [0.1, 0.15) is 17.9 Å². The molecule has 2 aromatic rings. The first kappa shape index (κ1) is 17.2. The van der Waals surface area contributed by atoms with Gasteiger partial charge in [-0.3, -0.25) is 9.69 Å². The lowest BCUT2D eigenvalue weighted by Crippen LogP contribution is -2.40. The topological polar surface area (TPSA) is 89.5 Å². The van der Waals surface area contributed by atoms with Gasteiger partial charge in [0, 0.05) is 39.1 Å². The zero-order valence-corrected chi connectivity index (χ0v) is 15.0. The molecule has 1 atom stereocenters. The lowest BCUT2D eigenvalue weighted by atomic mass is 9.97. The van der Waals surface area contributed by atoms with Crippen LogP contribution in [-0.2, 0) is 18.3 Å². The van der Waals surface area contributed by atoms with Gasteiger partial charge in [-0.05, 0) is 12.8 Å². The summed E-state index contributed by atoms with van der Waals surface area (Å²) in [6.07, 6.45) is 4.63. The molecule has 0 bridgehead atoms. The largest absolute Gasteiger partial charge is 0.451 e. The Morgan fingerprint density at radius 2 is 2.12 bits per heavy atom. The zero-order chi connectivity index (χ0) is 17.9. The third-order valence-corrected chi connectivity index (χ3v) is 5.19. The molecular weight excluding hydrogens is 336 g/mol. The summed E-state index contributed by atoms with van der Waals surface area (Å²) in [5, 5.41) is 8.85. The van der Waals surface area contributed by atoms with Gasteiger partial charge in [0.15, 0.2) is 12.1 Å². The quantitative estimate of drug-likeness (QED) is 0.791. The van der Waals surface area contributed by atoms with Crippen LogP contribution in [0.4, 0.5) is 0 Å². The molecule has 26 heavy (non-hydrogen) atoms. The summed E-state index contributed by atoms with van der Waals surface area (Å²) in [7, 11) is 2.02. The molecule has 9 nitrogen and oxygen atoms in total. The number of oxazole rings is 1. The fourth-order valence-corrected chi connectivity index (χ4v) is 3.68. The minimum Gasteiger partial charge on any atom is -0.451 e. The second-order valence-electron chi connectivity index (χ2n) is 6.89. The van der Waals surface area contributed by atoms with E-state index in [-0.39, 0.29) is 11.8 Å². The minimum atomic E-state index is -0.0841. The molecule has 0 N–H and O–H groups in total. The van der Waals surface area contributed by atoms with Crippen molar-refractivity contribution in [2.24, 2.45) is 7.05 Å². The van der Waals surface area contributed by atoms with Gasteiger partial charge in [0.05, 0.1) is 19.8 Å². The number of hydrogen-bond donors (Lipinski definition) is 0. The SMILES string of the molecule is Cn1c(CN2CCOCC2)nnc1[C@@H]1CCCN(C(=O)c2cocn2)C1. The van der Waals surface area contributed by atoms with Gasteiger partial charge in [0.2, 0.25) is 0 Å². The molecule has 0 saturated carbocycles. The molecule has 2 aliphatic heterocycles. The Hall–Kier alpha value is -2.26. The average molecular weight is 360 g/mol. The van der Waals surface area contributed by atoms with Crippen LogP contribution in [0.2, 0.25) is 0 Å². The van der Waals surface area contributed by atoms with Gasteiger partial charge in [-0.25, -0.2) is 4.98 Å². The van der Waals surface area contributed by atoms with Crippen LogP contribution in [0.5, 0.6) is 0 Å². The number of piperidine rings is 1. The molecule has 2 aromatic heterocycles. The van der Waals surface area contributed by atoms with Gasteiger partial charge in [-0.1, -0.05) is 0 Å². The van der Waals surface area contributed by atoms with Crippen molar-refractivity contribution in [1.82, 2.24) is 29.5 Å². The molecule has 140 valence electrons. The highest BCUT2D eigenvalue weighted by Crippen LogP contribution is 2.26. The van der Waals surface area contributed by atoms with Gasteiger partial charge in [-0.2, -0.15) is 0 Å². The number of amides is 1. The van der Waals surface area contributed by atoms with E-state index in [2.05, 4.69) is 24.6 Å². The fourth-order valence-electron chi connectivity index (χ4n) is 3.68. The molecule has 4 rings (SSSR count). The molecular formula is C17H24N6O3. The van der Waals surface area contributed by atoms with Crippen molar-refractivity contribution in [3.8, 4) is 0 Å². The molecule has 2 aliphatic rings. The molecule has 0 radical (unpaired) electrons. The van der Waals surface area contributed by atoms with Crippen LogP contribution in [0.1, 0.15) is 40.9 Å². The maximum absolute atomic E-state index is 12.5. The normalized spacial score (nSPS) is 21.9. The van der Waals surface area contributed by atoms with E-state index in [9.17, 15) is 4.79 Å². The standard InChI is InChI=1S/C17H24N6O3/c1-21-15(10-22-5-7-25-8-6-22)19-20-16(21)13-3-2-4-23(9-13)17(24)14-11-26-12-18-14/h11-13H,2-10H2,1H3/t13-/m1/s1. The van der Waals surface area contributed by atoms with Gasteiger partial charge < -0.3 is 18.6 Å². The highest BCUT2D eigenvalue weighted by Gasteiger charge is 2.30. The highest BCUT2D eigenvalue weighted by atomic mass is 16.5. The van der Waals surface area contributed by atoms with E-state index < -0.39 is 0 Å². The second-order valence-corrected chi connectivity index (χ2v) is 6.89. The van der Waals surface area contributed by atoms with E-state index in [0.717, 1.165) is 63.9 Å². The summed E-state index contributed by atoms with van der Waals surface area (Å²) >= 11 is 0. The van der Waals surface area contributed by atoms with Crippen molar-refractivity contribution in [3.05, 3.63) is 30.0 Å². The summed E-state index contributed by atoms with van der Waals surface area (Å²) < 4.78 is 12.4. The predicted molar refractivity (Wildman–Crippen MR) is 91.5 cm³/mol. The third kappa shape index (κ3) is 3.49. The minimum absolute atomic E-state index is 0.0841. The number of hydrogen-bond acceptors (Lipinski definition) is 7. The smallest absolute Gasteiger partial charge is 0.275 e. The molecule has 1 amide bonds. The Bertz CT molecular complexity index is 738. The lowest BCUT2D eigenvalue weighted by Gasteiger charge is -2.31. The van der Waals surface area contributed by atoms with Gasteiger partial charge in [-0.15, -0.1) is 10.2 Å². The average Bonchev–Trinajstić information content (AvgIpc) is 3.33. The van der Waals surface area contributed by atoms with Crippen molar-refractivity contribution in [2.45, 2.75) is 25.3 Å². The summed E-state index contributed by atoms with van der Waals surface area (Å²) in [5.74, 6) is 2.02. The van der Waals surface area contributed by atoms with Crippen molar-refractivity contribution >= 4 is 5.91 Å². The summed E-state index contributed by atoms with van der Waals surface area (Å²) in [6.45, 7) is 5.53. The number of rotatable bonds is 4. The Kier molecular flexibility index (Phi) is 4.98. The third-order valence-electron chi connectivity index (χ3n) is 5.19. The Balaban J connectivity index is 1.44. The van der Waals surface area contributed by atoms with Gasteiger partial charge in [0.25, 0.3) is 5.91 Å². The molecule has 0 unspecified atom stereocenters. The van der Waals surface area contributed by atoms with E-state index in [1.807, 2.05) is 11.9 Å². The van der Waals surface area contributed by atoms with Gasteiger partial charge >= 0.3 is 0 Å². The summed E-state index contributed by atoms with van der Waals surface area (Å²) in [5.41, 5.74) is 0.358. The molecule has 9 heteroatoms. The van der Waals surface area contributed by atoms with Crippen LogP contribution in [0.15, 0.2) is 17.1 Å². The maximum atomic E-state index is 12.5. The molecule has 4 heterocycles. The van der Waals surface area contributed by atoms with Crippen molar-refractivity contribution in [3.63, 3.8) is 0 Å². The predicted octanol–water partition coefficient (Wildman–Crippen LogP) is 0.655. The molecule has 2 saturated heterocycles. The number of carbonyl (C=O) groups excluding carboxylic acids is 1. The zero-order valence-electron chi connectivity index (χ0n) is 15.0. The second kappa shape index (κ2) is 7.55. The number of morpholine rings is 1. The van der Waals surface area contributed by atoms with Crippen LogP contribution in [0.25, 0.3) is 0 Å². The Morgan fingerprint density at radius 1 is 1.27 bits per heavy atom. The van der Waals surface area contributed by atoms with E-state index >= 15 is 0 Å². The maximum Gasteiger partial charge on any atom is 0.275 e. The van der Waals surface area contributed by atoms with Crippen molar-refractivity contribution < 1.29 is 13.9 Å². The Labute approximate surface area is 151 Å². The first-order valence-corrected chi connectivity index (χ1v) is 9.08. The monoisotopic (exact) mass is 360 g/mol. The number of likely N-dealkylation sites (tertiary alicyclic amines) is 1. The number of aromatic nitrogens is 4. The lowest BCUT2D eigenvalue weighted by molar-refractivity contribution is 0.0326. The van der Waals surface area contributed by atoms with Crippen LogP contribution in [-0.4, -0.2) is 74.8 Å². The first-order valence-electron chi connectivity index (χ1n) is 9.08. The Morgan fingerprint density at radius 3 is 2.88 bits per heavy atom.